The fourth-order valence-corrected chi connectivity index (χ4v) is 1.27. The molecule has 0 aliphatic carbocycles. The molecule has 1 aromatic rings. The fourth-order valence-electron chi connectivity index (χ4n) is 1.27. The molecule has 0 unspecified atom stereocenters. The van der Waals surface area contributed by atoms with Gasteiger partial charge < -0.3 is 14.6 Å². The van der Waals surface area contributed by atoms with Crippen molar-refractivity contribution < 1.29 is 14.5 Å². The molecule has 1 rings (SSSR count). The van der Waals surface area contributed by atoms with Crippen molar-refractivity contribution in [2.45, 2.75) is 0 Å². The summed E-state index contributed by atoms with van der Waals surface area (Å²) in [5, 5.41) is 9.55. The maximum atomic E-state index is 11.7. The summed E-state index contributed by atoms with van der Waals surface area (Å²) in [5.74, 6) is -0.151. The van der Waals surface area contributed by atoms with E-state index in [4.69, 9.17) is 4.65 Å². The second-order valence-electron chi connectivity index (χ2n) is 3.37. The summed E-state index contributed by atoms with van der Waals surface area (Å²) in [7, 11) is 3.66. The Morgan fingerprint density at radius 3 is 2.53 bits per heavy atom. The van der Waals surface area contributed by atoms with E-state index in [0.29, 0.717) is 11.0 Å². The number of amides is 1. The number of hydrogen-bond acceptors (Lipinski definition) is 3. The molecule has 1 amide bonds. The zero-order valence-electron chi connectivity index (χ0n) is 9.10. The first-order valence-electron chi connectivity index (χ1n) is 4.59. The van der Waals surface area contributed by atoms with Crippen LogP contribution in [0.3, 0.4) is 0 Å². The second-order valence-corrected chi connectivity index (χ2v) is 3.37. The van der Waals surface area contributed by atoms with Gasteiger partial charge in [-0.25, -0.2) is 0 Å². The van der Waals surface area contributed by atoms with Crippen LogP contribution in [0.4, 0.5) is 0 Å². The standard InChI is InChI=1S/C10H14BNO3/c1-12(2)10(13)8-6-4-5-7-9(8)11(14)15-3/h4-7,14H,1-3H3. The lowest BCUT2D eigenvalue weighted by atomic mass is 9.76. The highest BCUT2D eigenvalue weighted by Crippen LogP contribution is 2.01. The van der Waals surface area contributed by atoms with Gasteiger partial charge in [0.2, 0.25) is 0 Å². The monoisotopic (exact) mass is 207 g/mol. The summed E-state index contributed by atoms with van der Waals surface area (Å²) in [6.45, 7) is 0. The van der Waals surface area contributed by atoms with Crippen molar-refractivity contribution in [3.8, 4) is 0 Å². The van der Waals surface area contributed by atoms with Crippen molar-refractivity contribution in [2.75, 3.05) is 21.2 Å². The molecule has 0 heterocycles. The molecule has 80 valence electrons. The van der Waals surface area contributed by atoms with Gasteiger partial charge in [-0.15, -0.1) is 0 Å². The van der Waals surface area contributed by atoms with Crippen molar-refractivity contribution in [3.63, 3.8) is 0 Å². The van der Waals surface area contributed by atoms with Crippen LogP contribution in [-0.4, -0.2) is 44.2 Å². The maximum Gasteiger partial charge on any atom is 0.491 e. The van der Waals surface area contributed by atoms with Gasteiger partial charge in [0.1, 0.15) is 0 Å². The van der Waals surface area contributed by atoms with Gasteiger partial charge in [-0.1, -0.05) is 18.2 Å². The van der Waals surface area contributed by atoms with Gasteiger partial charge >= 0.3 is 7.12 Å². The van der Waals surface area contributed by atoms with Crippen molar-refractivity contribution in [2.24, 2.45) is 0 Å². The van der Waals surface area contributed by atoms with Crippen LogP contribution in [0.15, 0.2) is 24.3 Å². The highest BCUT2D eigenvalue weighted by molar-refractivity contribution is 6.61. The Labute approximate surface area is 89.6 Å². The predicted molar refractivity (Wildman–Crippen MR) is 59.1 cm³/mol. The lowest BCUT2D eigenvalue weighted by molar-refractivity contribution is 0.0828. The average molecular weight is 207 g/mol. The maximum absolute atomic E-state index is 11.7. The molecule has 15 heavy (non-hydrogen) atoms. The third-order valence-corrected chi connectivity index (χ3v) is 2.09. The Kier molecular flexibility index (Phi) is 3.88. The van der Waals surface area contributed by atoms with E-state index in [-0.39, 0.29) is 5.91 Å². The van der Waals surface area contributed by atoms with Gasteiger partial charge in [0.05, 0.1) is 0 Å². The summed E-state index contributed by atoms with van der Waals surface area (Å²) in [6, 6.07) is 6.84. The molecule has 0 aliphatic rings. The van der Waals surface area contributed by atoms with Crippen LogP contribution < -0.4 is 5.46 Å². The predicted octanol–water partition coefficient (Wildman–Crippen LogP) is -0.278. The molecule has 0 fully saturated rings. The summed E-state index contributed by atoms with van der Waals surface area (Å²) in [6.07, 6.45) is 0. The molecule has 0 saturated carbocycles. The van der Waals surface area contributed by atoms with Crippen molar-refractivity contribution in [3.05, 3.63) is 29.8 Å². The average Bonchev–Trinajstić information content (AvgIpc) is 2.27. The van der Waals surface area contributed by atoms with E-state index in [2.05, 4.69) is 0 Å². The SMILES string of the molecule is COB(O)c1ccccc1C(=O)N(C)C. The van der Waals surface area contributed by atoms with Gasteiger partial charge in [-0.2, -0.15) is 0 Å². The van der Waals surface area contributed by atoms with E-state index in [1.54, 1.807) is 38.4 Å². The molecule has 0 spiro atoms. The summed E-state index contributed by atoms with van der Waals surface area (Å²) in [5.41, 5.74) is 0.940. The Bertz CT molecular complexity index is 354. The molecule has 0 saturated heterocycles. The van der Waals surface area contributed by atoms with E-state index in [1.807, 2.05) is 0 Å². The Morgan fingerprint density at radius 2 is 2.00 bits per heavy atom. The van der Waals surface area contributed by atoms with Crippen LogP contribution >= 0.6 is 0 Å². The number of carbonyl (C=O) groups excluding carboxylic acids is 1. The Morgan fingerprint density at radius 1 is 1.40 bits per heavy atom. The summed E-state index contributed by atoms with van der Waals surface area (Å²) in [4.78, 5) is 13.2. The van der Waals surface area contributed by atoms with E-state index in [0.717, 1.165) is 0 Å². The first-order valence-corrected chi connectivity index (χ1v) is 4.59. The number of nitrogens with zero attached hydrogens (tertiary/aromatic N) is 1. The van der Waals surface area contributed by atoms with Crippen molar-refractivity contribution >= 4 is 18.5 Å². The summed E-state index contributed by atoms with van der Waals surface area (Å²) >= 11 is 0. The zero-order valence-corrected chi connectivity index (χ0v) is 9.10. The fraction of sp³-hybridized carbons (Fsp3) is 0.300. The molecule has 0 aliphatic heterocycles. The van der Waals surface area contributed by atoms with Crippen molar-refractivity contribution in [1.29, 1.82) is 0 Å². The molecule has 0 bridgehead atoms. The minimum Gasteiger partial charge on any atom is -0.423 e. The molecule has 1 N–H and O–H groups in total. The van der Waals surface area contributed by atoms with Gasteiger partial charge in [0, 0.05) is 26.8 Å². The first-order chi connectivity index (χ1) is 7.07. The third kappa shape index (κ3) is 2.58. The number of carbonyl (C=O) groups is 1. The molecule has 5 heteroatoms. The van der Waals surface area contributed by atoms with Crippen LogP contribution in [-0.2, 0) is 4.65 Å². The van der Waals surface area contributed by atoms with Gasteiger partial charge in [-0.3, -0.25) is 4.79 Å². The van der Waals surface area contributed by atoms with Crippen LogP contribution in [0, 0.1) is 0 Å². The normalized spacial score (nSPS) is 9.87. The topological polar surface area (TPSA) is 49.8 Å². The lowest BCUT2D eigenvalue weighted by Crippen LogP contribution is -2.39. The molecular weight excluding hydrogens is 193 g/mol. The number of hydrogen-bond donors (Lipinski definition) is 1. The first kappa shape index (κ1) is 11.7. The van der Waals surface area contributed by atoms with E-state index >= 15 is 0 Å². The highest BCUT2D eigenvalue weighted by atomic mass is 16.5. The zero-order chi connectivity index (χ0) is 11.4. The Balaban J connectivity index is 3.12. The molecule has 4 nitrogen and oxygen atoms in total. The smallest absolute Gasteiger partial charge is 0.423 e. The quantitative estimate of drug-likeness (QED) is 0.693. The van der Waals surface area contributed by atoms with E-state index in [1.165, 1.54) is 12.0 Å². The van der Waals surface area contributed by atoms with Crippen LogP contribution in [0.1, 0.15) is 10.4 Å². The lowest BCUT2D eigenvalue weighted by Gasteiger charge is -2.14. The van der Waals surface area contributed by atoms with E-state index in [9.17, 15) is 9.82 Å². The largest absolute Gasteiger partial charge is 0.491 e. The molecule has 1 aromatic carbocycles. The molecule has 0 aromatic heterocycles. The van der Waals surface area contributed by atoms with Crippen LogP contribution in [0.2, 0.25) is 0 Å². The van der Waals surface area contributed by atoms with Crippen LogP contribution in [0.25, 0.3) is 0 Å². The third-order valence-electron chi connectivity index (χ3n) is 2.09. The molecule has 0 radical (unpaired) electrons. The second kappa shape index (κ2) is 4.95. The minimum absolute atomic E-state index is 0.151. The van der Waals surface area contributed by atoms with E-state index < -0.39 is 7.12 Å². The highest BCUT2D eigenvalue weighted by Gasteiger charge is 2.22. The molecule has 0 atom stereocenters. The van der Waals surface area contributed by atoms with Crippen molar-refractivity contribution in [1.82, 2.24) is 4.90 Å². The summed E-state index contributed by atoms with van der Waals surface area (Å²) < 4.78 is 4.79. The Hall–Kier alpha value is -1.33. The van der Waals surface area contributed by atoms with Gasteiger partial charge in [0.15, 0.2) is 0 Å². The van der Waals surface area contributed by atoms with Gasteiger partial charge in [-0.05, 0) is 11.5 Å². The van der Waals surface area contributed by atoms with Crippen LogP contribution in [0.5, 0.6) is 0 Å². The van der Waals surface area contributed by atoms with Gasteiger partial charge in [0.25, 0.3) is 5.91 Å². The minimum atomic E-state index is -1.06. The number of rotatable bonds is 3. The molecular formula is C10H14BNO3. The number of benzene rings is 1.